The fraction of sp³-hybridized carbons (Fsp3) is 0.455. The molecule has 1 fully saturated rings. The van der Waals surface area contributed by atoms with Crippen LogP contribution < -0.4 is 4.72 Å². The fourth-order valence-corrected chi connectivity index (χ4v) is 4.35. The standard InChI is InChI=1S/C11H14ClNO2S/c1-11(2)10(7-16(14,15)13-11)8-3-5-9(12)6-4-8/h3-6,10,13H,7H2,1-2H3. The number of rotatable bonds is 1. The molecule has 1 heterocycles. The minimum absolute atomic E-state index is 0.0326. The van der Waals surface area contributed by atoms with Crippen molar-refractivity contribution in [2.75, 3.05) is 5.75 Å². The second-order valence-electron chi connectivity index (χ2n) is 4.71. The van der Waals surface area contributed by atoms with Crippen molar-refractivity contribution < 1.29 is 8.42 Å². The van der Waals surface area contributed by atoms with Crippen LogP contribution in [0.5, 0.6) is 0 Å². The lowest BCUT2D eigenvalue weighted by molar-refractivity contribution is 0.428. The maximum atomic E-state index is 11.6. The van der Waals surface area contributed by atoms with Crippen LogP contribution in [0.15, 0.2) is 24.3 Å². The summed E-state index contributed by atoms with van der Waals surface area (Å²) in [4.78, 5) is 0. The van der Waals surface area contributed by atoms with Crippen molar-refractivity contribution in [3.63, 3.8) is 0 Å². The summed E-state index contributed by atoms with van der Waals surface area (Å²) >= 11 is 5.81. The maximum absolute atomic E-state index is 11.6. The summed E-state index contributed by atoms with van der Waals surface area (Å²) < 4.78 is 25.8. The number of nitrogens with one attached hydrogen (secondary N) is 1. The second kappa shape index (κ2) is 3.72. The predicted molar refractivity (Wildman–Crippen MR) is 65.2 cm³/mol. The number of halogens is 1. The van der Waals surface area contributed by atoms with E-state index in [1.54, 1.807) is 12.1 Å². The molecule has 0 amide bonds. The first kappa shape index (κ1) is 11.9. The van der Waals surface area contributed by atoms with Crippen LogP contribution in [0.25, 0.3) is 0 Å². The van der Waals surface area contributed by atoms with Gasteiger partial charge in [0.15, 0.2) is 0 Å². The molecule has 0 saturated carbocycles. The second-order valence-corrected chi connectivity index (χ2v) is 6.91. The molecule has 2 rings (SSSR count). The molecule has 1 saturated heterocycles. The van der Waals surface area contributed by atoms with Crippen LogP contribution in [0.2, 0.25) is 5.02 Å². The first-order valence-electron chi connectivity index (χ1n) is 5.07. The van der Waals surface area contributed by atoms with Crippen LogP contribution in [-0.2, 0) is 10.0 Å². The van der Waals surface area contributed by atoms with Gasteiger partial charge >= 0.3 is 0 Å². The molecule has 3 nitrogen and oxygen atoms in total. The van der Waals surface area contributed by atoms with Gasteiger partial charge in [-0.15, -0.1) is 0 Å². The molecule has 0 bridgehead atoms. The summed E-state index contributed by atoms with van der Waals surface area (Å²) in [6, 6.07) is 7.35. The number of hydrogen-bond donors (Lipinski definition) is 1. The van der Waals surface area contributed by atoms with E-state index in [1.807, 2.05) is 26.0 Å². The predicted octanol–water partition coefficient (Wildman–Crippen LogP) is 2.14. The quantitative estimate of drug-likeness (QED) is 0.840. The Labute approximate surface area is 101 Å². The summed E-state index contributed by atoms with van der Waals surface area (Å²) in [5.74, 6) is 0.108. The molecule has 88 valence electrons. The lowest BCUT2D eigenvalue weighted by atomic mass is 9.84. The summed E-state index contributed by atoms with van der Waals surface area (Å²) in [5, 5.41) is 0.662. The normalized spacial score (nSPS) is 26.8. The third-order valence-corrected chi connectivity index (χ3v) is 4.81. The minimum atomic E-state index is -3.14. The smallest absolute Gasteiger partial charge is 0.212 e. The Bertz CT molecular complexity index is 493. The monoisotopic (exact) mass is 259 g/mol. The molecule has 1 atom stereocenters. The van der Waals surface area contributed by atoms with E-state index in [-0.39, 0.29) is 11.7 Å². The average molecular weight is 260 g/mol. The molecule has 16 heavy (non-hydrogen) atoms. The summed E-state index contributed by atoms with van der Waals surface area (Å²) in [6.07, 6.45) is 0. The van der Waals surface area contributed by atoms with Gasteiger partial charge in [0.2, 0.25) is 10.0 Å². The molecule has 0 aromatic heterocycles. The van der Waals surface area contributed by atoms with Gasteiger partial charge < -0.3 is 0 Å². The van der Waals surface area contributed by atoms with Gasteiger partial charge in [0.1, 0.15) is 0 Å². The van der Waals surface area contributed by atoms with Crippen molar-refractivity contribution in [1.82, 2.24) is 4.72 Å². The molecule has 1 aliphatic rings. The van der Waals surface area contributed by atoms with Crippen LogP contribution in [0.4, 0.5) is 0 Å². The van der Waals surface area contributed by atoms with Crippen molar-refractivity contribution in [3.05, 3.63) is 34.9 Å². The van der Waals surface area contributed by atoms with E-state index in [2.05, 4.69) is 4.72 Å². The highest BCUT2D eigenvalue weighted by molar-refractivity contribution is 7.89. The minimum Gasteiger partial charge on any atom is -0.212 e. The third-order valence-electron chi connectivity index (χ3n) is 2.95. The van der Waals surface area contributed by atoms with Crippen LogP contribution in [0.3, 0.4) is 0 Å². The Morgan fingerprint density at radius 1 is 1.31 bits per heavy atom. The highest BCUT2D eigenvalue weighted by Crippen LogP contribution is 2.35. The molecular weight excluding hydrogens is 246 g/mol. The highest BCUT2D eigenvalue weighted by Gasteiger charge is 2.43. The fourth-order valence-electron chi connectivity index (χ4n) is 2.15. The van der Waals surface area contributed by atoms with Gasteiger partial charge in [-0.3, -0.25) is 0 Å². The van der Waals surface area contributed by atoms with Gasteiger partial charge in [0.25, 0.3) is 0 Å². The lowest BCUT2D eigenvalue weighted by Crippen LogP contribution is -2.38. The Hall–Kier alpha value is -0.580. The molecule has 5 heteroatoms. The zero-order valence-electron chi connectivity index (χ0n) is 9.20. The Morgan fingerprint density at radius 2 is 1.88 bits per heavy atom. The molecular formula is C11H14ClNO2S. The van der Waals surface area contributed by atoms with Gasteiger partial charge in [-0.2, -0.15) is 0 Å². The van der Waals surface area contributed by atoms with E-state index < -0.39 is 15.6 Å². The Balaban J connectivity index is 2.38. The molecule has 0 spiro atoms. The zero-order chi connectivity index (χ0) is 12.0. The summed E-state index contributed by atoms with van der Waals surface area (Å²) in [5.41, 5.74) is 0.565. The topological polar surface area (TPSA) is 46.2 Å². The van der Waals surface area contributed by atoms with Crippen LogP contribution >= 0.6 is 11.6 Å². The van der Waals surface area contributed by atoms with Gasteiger partial charge in [-0.05, 0) is 31.5 Å². The van der Waals surface area contributed by atoms with Crippen molar-refractivity contribution in [1.29, 1.82) is 0 Å². The van der Waals surface area contributed by atoms with E-state index in [0.29, 0.717) is 5.02 Å². The average Bonchev–Trinajstić information content (AvgIpc) is 2.35. The third kappa shape index (κ3) is 2.24. The van der Waals surface area contributed by atoms with E-state index >= 15 is 0 Å². The molecule has 1 aromatic carbocycles. The maximum Gasteiger partial charge on any atom is 0.212 e. The van der Waals surface area contributed by atoms with Crippen molar-refractivity contribution >= 4 is 21.6 Å². The van der Waals surface area contributed by atoms with E-state index in [9.17, 15) is 8.42 Å². The van der Waals surface area contributed by atoms with Crippen molar-refractivity contribution in [3.8, 4) is 0 Å². The van der Waals surface area contributed by atoms with Gasteiger partial charge in [0, 0.05) is 16.5 Å². The molecule has 1 aromatic rings. The molecule has 1 N–H and O–H groups in total. The molecule has 0 radical (unpaired) electrons. The number of benzene rings is 1. The SMILES string of the molecule is CC1(C)NS(=O)(=O)CC1c1ccc(Cl)cc1. The van der Waals surface area contributed by atoms with Crippen LogP contribution in [0, 0.1) is 0 Å². The van der Waals surface area contributed by atoms with Gasteiger partial charge in [-0.1, -0.05) is 23.7 Å². The van der Waals surface area contributed by atoms with E-state index in [1.165, 1.54) is 0 Å². The molecule has 1 unspecified atom stereocenters. The number of hydrogen-bond acceptors (Lipinski definition) is 2. The molecule has 0 aliphatic carbocycles. The largest absolute Gasteiger partial charge is 0.212 e. The molecule has 1 aliphatic heterocycles. The van der Waals surface area contributed by atoms with E-state index in [0.717, 1.165) is 5.56 Å². The van der Waals surface area contributed by atoms with Gasteiger partial charge in [-0.25, -0.2) is 13.1 Å². The van der Waals surface area contributed by atoms with Gasteiger partial charge in [0.05, 0.1) is 5.75 Å². The van der Waals surface area contributed by atoms with Crippen molar-refractivity contribution in [2.24, 2.45) is 0 Å². The highest BCUT2D eigenvalue weighted by atomic mass is 35.5. The van der Waals surface area contributed by atoms with Crippen molar-refractivity contribution in [2.45, 2.75) is 25.3 Å². The van der Waals surface area contributed by atoms with Crippen LogP contribution in [0.1, 0.15) is 25.3 Å². The first-order valence-corrected chi connectivity index (χ1v) is 7.10. The lowest BCUT2D eigenvalue weighted by Gasteiger charge is -2.25. The zero-order valence-corrected chi connectivity index (χ0v) is 10.8. The van der Waals surface area contributed by atoms with Crippen LogP contribution in [-0.4, -0.2) is 19.7 Å². The number of sulfonamides is 1. The Morgan fingerprint density at radius 3 is 2.31 bits per heavy atom. The van der Waals surface area contributed by atoms with E-state index in [4.69, 9.17) is 11.6 Å². The summed E-state index contributed by atoms with van der Waals surface area (Å²) in [6.45, 7) is 3.80. The first-order chi connectivity index (χ1) is 7.30. The summed E-state index contributed by atoms with van der Waals surface area (Å²) in [7, 11) is -3.14. The Kier molecular flexibility index (Phi) is 2.77.